The molecule has 2 aliphatic heterocycles. The fourth-order valence-electron chi connectivity index (χ4n) is 4.45. The van der Waals surface area contributed by atoms with E-state index >= 15 is 0 Å². The molecule has 2 saturated heterocycles. The van der Waals surface area contributed by atoms with Crippen molar-refractivity contribution in [3.8, 4) is 11.1 Å². The minimum Gasteiger partial charge on any atom is -0.342 e. The highest BCUT2D eigenvalue weighted by Crippen LogP contribution is 2.34. The lowest BCUT2D eigenvalue weighted by molar-refractivity contribution is -0.135. The monoisotopic (exact) mass is 393 g/mol. The molecule has 0 unspecified atom stereocenters. The van der Waals surface area contributed by atoms with Gasteiger partial charge in [-0.05, 0) is 38.2 Å². The van der Waals surface area contributed by atoms with Crippen molar-refractivity contribution in [2.75, 3.05) is 31.1 Å². The molecule has 4 heterocycles. The third-order valence-electron chi connectivity index (χ3n) is 6.03. The lowest BCUT2D eigenvalue weighted by Gasteiger charge is -2.35. The summed E-state index contributed by atoms with van der Waals surface area (Å²) in [6, 6.07) is 4.02. The number of rotatable bonds is 4. The Labute approximate surface area is 173 Å². The summed E-state index contributed by atoms with van der Waals surface area (Å²) in [7, 11) is 0. The molecular weight excluding hydrogens is 362 g/mol. The third kappa shape index (κ3) is 4.41. The summed E-state index contributed by atoms with van der Waals surface area (Å²) in [5.74, 6) is 1.33. The zero-order valence-corrected chi connectivity index (χ0v) is 17.5. The van der Waals surface area contributed by atoms with Gasteiger partial charge in [0.1, 0.15) is 0 Å². The molecule has 2 fully saturated rings. The lowest BCUT2D eigenvalue weighted by atomic mass is 9.90. The van der Waals surface area contributed by atoms with Gasteiger partial charge in [0.25, 0.3) is 0 Å². The zero-order chi connectivity index (χ0) is 20.2. The van der Waals surface area contributed by atoms with Gasteiger partial charge in [-0.3, -0.25) is 9.78 Å². The van der Waals surface area contributed by atoms with Gasteiger partial charge in [0.2, 0.25) is 11.9 Å². The van der Waals surface area contributed by atoms with Crippen molar-refractivity contribution in [3.63, 3.8) is 0 Å². The minimum atomic E-state index is 0.0286. The molecule has 6 heteroatoms. The average Bonchev–Trinajstić information content (AvgIpc) is 2.79. The van der Waals surface area contributed by atoms with E-state index in [2.05, 4.69) is 16.0 Å². The molecule has 0 N–H and O–H groups in total. The van der Waals surface area contributed by atoms with Crippen molar-refractivity contribution < 1.29 is 4.79 Å². The molecule has 0 saturated carbocycles. The van der Waals surface area contributed by atoms with Crippen LogP contribution in [0, 0.1) is 5.92 Å². The fraction of sp³-hybridized carbons (Fsp3) is 0.565. The van der Waals surface area contributed by atoms with Crippen LogP contribution in [0.4, 0.5) is 5.95 Å². The van der Waals surface area contributed by atoms with Crippen LogP contribution in [0.25, 0.3) is 11.1 Å². The standard InChI is InChI=1S/C23H31N5O/c1-17(2)22(29)28-13-7-9-19(16-28)21-20(18-8-6-10-24-14-18)15-25-23(26-21)27-11-4-3-5-12-27/h6,8,10,14-15,17,19H,3-5,7,9,11-13,16H2,1-2H3/t19-/m1/s1. The predicted octanol–water partition coefficient (Wildman–Crippen LogP) is 3.89. The highest BCUT2D eigenvalue weighted by atomic mass is 16.2. The Hall–Kier alpha value is -2.50. The second kappa shape index (κ2) is 8.89. The number of anilines is 1. The molecular formula is C23H31N5O. The van der Waals surface area contributed by atoms with Gasteiger partial charge in [0.05, 0.1) is 5.69 Å². The SMILES string of the molecule is CC(C)C(=O)N1CCC[C@@H](c2nc(N3CCCCC3)ncc2-c2cccnc2)C1. The van der Waals surface area contributed by atoms with Crippen LogP contribution >= 0.6 is 0 Å². The van der Waals surface area contributed by atoms with Crippen LogP contribution in [0.3, 0.4) is 0 Å². The molecule has 4 rings (SSSR count). The molecule has 0 spiro atoms. The van der Waals surface area contributed by atoms with Gasteiger partial charge in [-0.2, -0.15) is 0 Å². The number of carbonyl (C=O) groups is 1. The molecule has 2 aliphatic rings. The molecule has 1 amide bonds. The topological polar surface area (TPSA) is 62.2 Å². The molecule has 2 aromatic heterocycles. The van der Waals surface area contributed by atoms with E-state index in [0.717, 1.165) is 61.8 Å². The highest BCUT2D eigenvalue weighted by Gasteiger charge is 2.29. The number of aromatic nitrogens is 3. The lowest BCUT2D eigenvalue weighted by Crippen LogP contribution is -2.41. The van der Waals surface area contributed by atoms with Crippen LogP contribution < -0.4 is 4.90 Å². The Morgan fingerprint density at radius 1 is 1.10 bits per heavy atom. The number of likely N-dealkylation sites (tertiary alicyclic amines) is 1. The second-order valence-corrected chi connectivity index (χ2v) is 8.54. The minimum absolute atomic E-state index is 0.0286. The fourth-order valence-corrected chi connectivity index (χ4v) is 4.45. The summed E-state index contributed by atoms with van der Waals surface area (Å²) in [6.45, 7) is 7.58. The maximum atomic E-state index is 12.6. The van der Waals surface area contributed by atoms with E-state index in [-0.39, 0.29) is 17.7 Å². The van der Waals surface area contributed by atoms with Crippen molar-refractivity contribution in [2.24, 2.45) is 5.92 Å². The normalized spacial score (nSPS) is 20.2. The largest absolute Gasteiger partial charge is 0.342 e. The summed E-state index contributed by atoms with van der Waals surface area (Å²) < 4.78 is 0. The first-order valence-corrected chi connectivity index (χ1v) is 10.9. The van der Waals surface area contributed by atoms with Gasteiger partial charge in [-0.1, -0.05) is 19.9 Å². The third-order valence-corrected chi connectivity index (χ3v) is 6.03. The van der Waals surface area contributed by atoms with E-state index in [1.54, 1.807) is 6.20 Å². The van der Waals surface area contributed by atoms with Gasteiger partial charge >= 0.3 is 0 Å². The first-order chi connectivity index (χ1) is 14.1. The van der Waals surface area contributed by atoms with Crippen LogP contribution in [0.5, 0.6) is 0 Å². The van der Waals surface area contributed by atoms with Crippen LogP contribution in [-0.4, -0.2) is 51.9 Å². The molecule has 0 aromatic carbocycles. The Morgan fingerprint density at radius 3 is 2.66 bits per heavy atom. The second-order valence-electron chi connectivity index (χ2n) is 8.54. The van der Waals surface area contributed by atoms with Crippen LogP contribution in [0.1, 0.15) is 57.6 Å². The van der Waals surface area contributed by atoms with E-state index in [4.69, 9.17) is 9.97 Å². The summed E-state index contributed by atoms with van der Waals surface area (Å²) in [5.41, 5.74) is 3.15. The van der Waals surface area contributed by atoms with Gasteiger partial charge in [-0.25, -0.2) is 9.97 Å². The first-order valence-electron chi connectivity index (χ1n) is 10.9. The quantitative estimate of drug-likeness (QED) is 0.789. The van der Waals surface area contributed by atoms with Gasteiger partial charge in [0.15, 0.2) is 0 Å². The number of amides is 1. The number of hydrogen-bond acceptors (Lipinski definition) is 5. The smallest absolute Gasteiger partial charge is 0.225 e. The van der Waals surface area contributed by atoms with E-state index in [9.17, 15) is 4.79 Å². The maximum Gasteiger partial charge on any atom is 0.225 e. The van der Waals surface area contributed by atoms with Gasteiger partial charge < -0.3 is 9.80 Å². The van der Waals surface area contributed by atoms with E-state index < -0.39 is 0 Å². The molecule has 0 bridgehead atoms. The zero-order valence-electron chi connectivity index (χ0n) is 17.5. The summed E-state index contributed by atoms with van der Waals surface area (Å²) in [4.78, 5) is 31.0. The Kier molecular flexibility index (Phi) is 6.07. The molecule has 6 nitrogen and oxygen atoms in total. The van der Waals surface area contributed by atoms with E-state index in [0.29, 0.717) is 0 Å². The Bertz CT molecular complexity index is 832. The van der Waals surface area contributed by atoms with Crippen molar-refractivity contribution in [2.45, 2.75) is 51.9 Å². The molecule has 154 valence electrons. The predicted molar refractivity (Wildman–Crippen MR) is 115 cm³/mol. The first kappa shape index (κ1) is 19.8. The number of hydrogen-bond donors (Lipinski definition) is 0. The average molecular weight is 394 g/mol. The van der Waals surface area contributed by atoms with Crippen molar-refractivity contribution in [3.05, 3.63) is 36.4 Å². The molecule has 29 heavy (non-hydrogen) atoms. The van der Waals surface area contributed by atoms with Gasteiger partial charge in [-0.15, -0.1) is 0 Å². The summed E-state index contributed by atoms with van der Waals surface area (Å²) in [5, 5.41) is 0. The van der Waals surface area contributed by atoms with Crippen molar-refractivity contribution in [1.29, 1.82) is 0 Å². The van der Waals surface area contributed by atoms with Crippen LogP contribution in [0.2, 0.25) is 0 Å². The molecule has 0 radical (unpaired) electrons. The number of carbonyl (C=O) groups excluding carboxylic acids is 1. The highest BCUT2D eigenvalue weighted by molar-refractivity contribution is 5.78. The molecule has 1 atom stereocenters. The van der Waals surface area contributed by atoms with E-state index in [1.807, 2.05) is 37.2 Å². The number of piperidine rings is 2. The summed E-state index contributed by atoms with van der Waals surface area (Å²) in [6.07, 6.45) is 11.4. The Morgan fingerprint density at radius 2 is 1.93 bits per heavy atom. The van der Waals surface area contributed by atoms with Crippen molar-refractivity contribution in [1.82, 2.24) is 19.9 Å². The van der Waals surface area contributed by atoms with Crippen LogP contribution in [-0.2, 0) is 4.79 Å². The summed E-state index contributed by atoms with van der Waals surface area (Å²) >= 11 is 0. The molecule has 2 aromatic rings. The van der Waals surface area contributed by atoms with Crippen LogP contribution in [0.15, 0.2) is 30.7 Å². The maximum absolute atomic E-state index is 12.6. The van der Waals surface area contributed by atoms with Crippen molar-refractivity contribution >= 4 is 11.9 Å². The molecule has 0 aliphatic carbocycles. The number of nitrogens with zero attached hydrogens (tertiary/aromatic N) is 5. The van der Waals surface area contributed by atoms with Gasteiger partial charge in [0, 0.05) is 67.7 Å². The Balaban J connectivity index is 1.69. The number of pyridine rings is 1. The van der Waals surface area contributed by atoms with E-state index in [1.165, 1.54) is 19.3 Å².